The van der Waals surface area contributed by atoms with Gasteiger partial charge in [-0.3, -0.25) is 4.21 Å². The van der Waals surface area contributed by atoms with Crippen LogP contribution in [0.1, 0.15) is 56.0 Å². The molecule has 0 aliphatic rings. The van der Waals surface area contributed by atoms with Crippen LogP contribution in [-0.4, -0.2) is 18.6 Å². The second kappa shape index (κ2) is 6.16. The predicted octanol–water partition coefficient (Wildman–Crippen LogP) is 3.94. The first-order chi connectivity index (χ1) is 11.3. The van der Waals surface area contributed by atoms with Crippen LogP contribution in [0.15, 0.2) is 35.0 Å². The van der Waals surface area contributed by atoms with Gasteiger partial charge in [-0.1, -0.05) is 26.8 Å². The highest BCUT2D eigenvalue weighted by molar-refractivity contribution is 7.84. The van der Waals surface area contributed by atoms with Crippen molar-refractivity contribution in [2.75, 3.05) is 0 Å². The quantitative estimate of drug-likeness (QED) is 0.718. The van der Waals surface area contributed by atoms with Crippen LogP contribution in [0.3, 0.4) is 0 Å². The first kappa shape index (κ1) is 16.9. The maximum absolute atomic E-state index is 12.7. The van der Waals surface area contributed by atoms with E-state index in [0.29, 0.717) is 11.6 Å². The summed E-state index contributed by atoms with van der Waals surface area (Å²) in [5.74, 6) is 1.72. The third kappa shape index (κ3) is 3.29. The standard InChI is InChI=1S/C18H23N3O2S/c1-12-7-6-8-16-20-14(10-21(12)16)11-24(22)13(2)17-19-9-15(23-17)18(3,4)5/h6-10,13H,11H2,1-5H3. The maximum Gasteiger partial charge on any atom is 0.209 e. The Bertz CT molecular complexity index is 889. The van der Waals surface area contributed by atoms with Crippen LogP contribution < -0.4 is 0 Å². The number of imidazole rings is 1. The second-order valence-electron chi connectivity index (χ2n) is 7.11. The molecule has 2 atom stereocenters. The Balaban J connectivity index is 1.78. The van der Waals surface area contributed by atoms with Gasteiger partial charge in [0.2, 0.25) is 5.89 Å². The van der Waals surface area contributed by atoms with E-state index in [1.807, 2.05) is 42.6 Å². The molecule has 0 saturated heterocycles. The average Bonchev–Trinajstić information content (AvgIpc) is 3.13. The van der Waals surface area contributed by atoms with Crippen molar-refractivity contribution in [2.45, 2.75) is 51.0 Å². The lowest BCUT2D eigenvalue weighted by Crippen LogP contribution is -2.09. The molecule has 5 nitrogen and oxygen atoms in total. The Morgan fingerprint density at radius 1 is 1.33 bits per heavy atom. The Labute approximate surface area is 144 Å². The number of aromatic nitrogens is 3. The van der Waals surface area contributed by atoms with Gasteiger partial charge in [-0.2, -0.15) is 0 Å². The van der Waals surface area contributed by atoms with Crippen LogP contribution in [0.25, 0.3) is 5.65 Å². The molecule has 24 heavy (non-hydrogen) atoms. The first-order valence-electron chi connectivity index (χ1n) is 8.02. The molecule has 3 rings (SSSR count). The van der Waals surface area contributed by atoms with E-state index in [-0.39, 0.29) is 10.7 Å². The van der Waals surface area contributed by atoms with E-state index in [0.717, 1.165) is 22.8 Å². The summed E-state index contributed by atoms with van der Waals surface area (Å²) < 4.78 is 20.5. The van der Waals surface area contributed by atoms with Crippen molar-refractivity contribution in [1.29, 1.82) is 0 Å². The summed E-state index contributed by atoms with van der Waals surface area (Å²) in [6.07, 6.45) is 3.68. The van der Waals surface area contributed by atoms with Crippen molar-refractivity contribution in [1.82, 2.24) is 14.4 Å². The van der Waals surface area contributed by atoms with Crippen LogP contribution in [0.2, 0.25) is 0 Å². The zero-order valence-electron chi connectivity index (χ0n) is 14.7. The minimum atomic E-state index is -1.15. The molecule has 0 amide bonds. The van der Waals surface area contributed by atoms with Crippen LogP contribution in [0.4, 0.5) is 0 Å². The summed E-state index contributed by atoms with van der Waals surface area (Å²) in [5.41, 5.74) is 2.69. The number of hydrogen-bond donors (Lipinski definition) is 0. The molecule has 0 fully saturated rings. The number of oxazole rings is 1. The summed E-state index contributed by atoms with van der Waals surface area (Å²) in [4.78, 5) is 8.87. The largest absolute Gasteiger partial charge is 0.444 e. The number of hydrogen-bond acceptors (Lipinski definition) is 4. The van der Waals surface area contributed by atoms with Gasteiger partial charge < -0.3 is 8.82 Å². The lowest BCUT2D eigenvalue weighted by molar-refractivity contribution is 0.382. The van der Waals surface area contributed by atoms with E-state index < -0.39 is 10.8 Å². The maximum atomic E-state index is 12.7. The molecular formula is C18H23N3O2S. The molecular weight excluding hydrogens is 322 g/mol. The fraction of sp³-hybridized carbons (Fsp3) is 0.444. The van der Waals surface area contributed by atoms with Crippen LogP contribution >= 0.6 is 0 Å². The van der Waals surface area contributed by atoms with Crippen molar-refractivity contribution < 1.29 is 8.63 Å². The molecule has 6 heteroatoms. The summed E-state index contributed by atoms with van der Waals surface area (Å²) in [6.45, 7) is 10.1. The van der Waals surface area contributed by atoms with Gasteiger partial charge in [-0.25, -0.2) is 9.97 Å². The molecule has 0 saturated carbocycles. The second-order valence-corrected chi connectivity index (χ2v) is 8.86. The van der Waals surface area contributed by atoms with Crippen LogP contribution in [0, 0.1) is 6.92 Å². The summed E-state index contributed by atoms with van der Waals surface area (Å²) in [6, 6.07) is 5.95. The van der Waals surface area contributed by atoms with Gasteiger partial charge in [0.1, 0.15) is 16.7 Å². The summed E-state index contributed by atoms with van der Waals surface area (Å²) in [5, 5.41) is -0.271. The van der Waals surface area contributed by atoms with E-state index in [9.17, 15) is 4.21 Å². The van der Waals surface area contributed by atoms with E-state index >= 15 is 0 Å². The van der Waals surface area contributed by atoms with Gasteiger partial charge in [0, 0.05) is 28.1 Å². The van der Waals surface area contributed by atoms with Crippen molar-refractivity contribution >= 4 is 16.4 Å². The van der Waals surface area contributed by atoms with E-state index in [4.69, 9.17) is 4.42 Å². The minimum absolute atomic E-state index is 0.106. The highest BCUT2D eigenvalue weighted by atomic mass is 32.2. The Kier molecular flexibility index (Phi) is 4.34. The molecule has 0 aliphatic carbocycles. The van der Waals surface area contributed by atoms with Gasteiger partial charge in [0.25, 0.3) is 0 Å². The molecule has 3 aromatic rings. The number of pyridine rings is 1. The molecule has 0 aliphatic heterocycles. The topological polar surface area (TPSA) is 60.4 Å². The molecule has 0 N–H and O–H groups in total. The fourth-order valence-electron chi connectivity index (χ4n) is 2.47. The van der Waals surface area contributed by atoms with Crippen molar-refractivity contribution in [3.05, 3.63) is 53.6 Å². The number of aryl methyl sites for hydroxylation is 1. The van der Waals surface area contributed by atoms with Crippen LogP contribution in [0.5, 0.6) is 0 Å². The minimum Gasteiger partial charge on any atom is -0.444 e. The van der Waals surface area contributed by atoms with E-state index in [1.54, 1.807) is 6.20 Å². The summed E-state index contributed by atoms with van der Waals surface area (Å²) in [7, 11) is -1.15. The van der Waals surface area contributed by atoms with Gasteiger partial charge in [-0.05, 0) is 26.0 Å². The number of nitrogens with zero attached hydrogens (tertiary/aromatic N) is 3. The number of fused-ring (bicyclic) bond motifs is 1. The average molecular weight is 345 g/mol. The molecule has 128 valence electrons. The predicted molar refractivity (Wildman–Crippen MR) is 95.4 cm³/mol. The summed E-state index contributed by atoms with van der Waals surface area (Å²) >= 11 is 0. The van der Waals surface area contributed by atoms with E-state index in [1.165, 1.54) is 0 Å². The highest BCUT2D eigenvalue weighted by Gasteiger charge is 2.24. The Morgan fingerprint density at radius 2 is 2.08 bits per heavy atom. The lowest BCUT2D eigenvalue weighted by Gasteiger charge is -2.13. The van der Waals surface area contributed by atoms with Crippen molar-refractivity contribution in [3.63, 3.8) is 0 Å². The third-order valence-corrected chi connectivity index (χ3v) is 5.61. The van der Waals surface area contributed by atoms with Gasteiger partial charge in [0.15, 0.2) is 0 Å². The van der Waals surface area contributed by atoms with Gasteiger partial charge in [-0.15, -0.1) is 0 Å². The normalized spacial score (nSPS) is 14.9. The van der Waals surface area contributed by atoms with Gasteiger partial charge >= 0.3 is 0 Å². The SMILES string of the molecule is Cc1cccc2nc(CS(=O)C(C)c3ncc(C(C)(C)C)o3)cn12. The number of rotatable bonds is 4. The first-order valence-corrected chi connectivity index (χ1v) is 9.41. The molecule has 3 aromatic heterocycles. The van der Waals surface area contributed by atoms with E-state index in [2.05, 4.69) is 30.7 Å². The zero-order valence-corrected chi connectivity index (χ0v) is 15.6. The van der Waals surface area contributed by atoms with Crippen molar-refractivity contribution in [2.24, 2.45) is 0 Å². The molecule has 0 spiro atoms. The molecule has 0 aromatic carbocycles. The molecule has 3 heterocycles. The molecule has 0 radical (unpaired) electrons. The fourth-order valence-corrected chi connectivity index (χ4v) is 3.49. The third-order valence-electron chi connectivity index (χ3n) is 4.04. The van der Waals surface area contributed by atoms with Gasteiger partial charge in [0.05, 0.1) is 17.6 Å². The Hall–Kier alpha value is -1.95. The monoisotopic (exact) mass is 345 g/mol. The highest BCUT2D eigenvalue weighted by Crippen LogP contribution is 2.27. The van der Waals surface area contributed by atoms with Crippen molar-refractivity contribution in [3.8, 4) is 0 Å². The lowest BCUT2D eigenvalue weighted by atomic mass is 9.94. The Morgan fingerprint density at radius 3 is 2.71 bits per heavy atom. The smallest absolute Gasteiger partial charge is 0.209 e. The molecule has 0 bridgehead atoms. The zero-order chi connectivity index (χ0) is 17.5. The van der Waals surface area contributed by atoms with Crippen LogP contribution in [-0.2, 0) is 22.0 Å². The molecule has 2 unspecified atom stereocenters.